The van der Waals surface area contributed by atoms with Gasteiger partial charge in [0.1, 0.15) is 5.76 Å². The number of furan rings is 1. The van der Waals surface area contributed by atoms with Gasteiger partial charge in [-0.25, -0.2) is 4.98 Å². The number of aryl methyl sites for hydroxylation is 1. The van der Waals surface area contributed by atoms with E-state index in [-0.39, 0.29) is 5.91 Å². The minimum atomic E-state index is -0.0181. The lowest BCUT2D eigenvalue weighted by molar-refractivity contribution is -0.116. The van der Waals surface area contributed by atoms with Crippen molar-refractivity contribution < 1.29 is 9.21 Å². The number of rotatable bonds is 4. The lowest BCUT2D eigenvalue weighted by atomic mass is 10.2. The number of hydrogen-bond acceptors (Lipinski definition) is 5. The Labute approximate surface area is 115 Å². The summed E-state index contributed by atoms with van der Waals surface area (Å²) in [5.41, 5.74) is 1.12. The molecule has 1 aliphatic heterocycles. The number of nitrogens with one attached hydrogen (secondary N) is 2. The highest BCUT2D eigenvalue weighted by Crippen LogP contribution is 2.25. The fraction of sp³-hybridized carbons (Fsp3) is 0.385. The Hall–Kier alpha value is -1.66. The van der Waals surface area contributed by atoms with Crippen molar-refractivity contribution in [2.45, 2.75) is 25.8 Å². The van der Waals surface area contributed by atoms with Crippen molar-refractivity contribution in [1.29, 1.82) is 0 Å². The monoisotopic (exact) mass is 277 g/mol. The Morgan fingerprint density at radius 3 is 3.32 bits per heavy atom. The second kappa shape index (κ2) is 5.54. The molecule has 5 nitrogen and oxygen atoms in total. The van der Waals surface area contributed by atoms with Crippen molar-refractivity contribution in [3.63, 3.8) is 0 Å². The normalized spacial score (nSPS) is 14.1. The lowest BCUT2D eigenvalue weighted by Gasteiger charge is -2.09. The van der Waals surface area contributed by atoms with E-state index in [9.17, 15) is 4.79 Å². The van der Waals surface area contributed by atoms with E-state index >= 15 is 0 Å². The summed E-state index contributed by atoms with van der Waals surface area (Å²) in [6.45, 7) is 1.82. The number of thiazole rings is 1. The number of fused-ring (bicyclic) bond motifs is 1. The molecule has 0 bridgehead atoms. The van der Waals surface area contributed by atoms with Gasteiger partial charge in [0, 0.05) is 37.2 Å². The summed E-state index contributed by atoms with van der Waals surface area (Å²) in [7, 11) is 0. The third kappa shape index (κ3) is 3.02. The zero-order valence-corrected chi connectivity index (χ0v) is 11.3. The lowest BCUT2D eigenvalue weighted by Crippen LogP contribution is -2.22. The van der Waals surface area contributed by atoms with E-state index in [1.54, 1.807) is 17.6 Å². The summed E-state index contributed by atoms with van der Waals surface area (Å²) in [6, 6.07) is 3.70. The first kappa shape index (κ1) is 12.4. The molecule has 6 heteroatoms. The van der Waals surface area contributed by atoms with Crippen LogP contribution in [0.1, 0.15) is 22.8 Å². The number of aromatic nitrogens is 1. The van der Waals surface area contributed by atoms with Gasteiger partial charge in [0.05, 0.1) is 12.0 Å². The Morgan fingerprint density at radius 2 is 2.53 bits per heavy atom. The number of hydrogen-bond donors (Lipinski definition) is 2. The van der Waals surface area contributed by atoms with Gasteiger partial charge in [-0.2, -0.15) is 0 Å². The van der Waals surface area contributed by atoms with Crippen LogP contribution in [0.4, 0.5) is 5.13 Å². The van der Waals surface area contributed by atoms with Gasteiger partial charge in [0.15, 0.2) is 5.13 Å². The Morgan fingerprint density at radius 1 is 1.58 bits per heavy atom. The van der Waals surface area contributed by atoms with Crippen LogP contribution in [-0.2, 0) is 24.2 Å². The quantitative estimate of drug-likeness (QED) is 0.896. The minimum absolute atomic E-state index is 0.0181. The van der Waals surface area contributed by atoms with E-state index in [0.717, 1.165) is 31.0 Å². The fourth-order valence-corrected chi connectivity index (χ4v) is 3.05. The summed E-state index contributed by atoms with van der Waals surface area (Å²) < 4.78 is 5.20. The molecule has 3 rings (SSSR count). The molecule has 0 radical (unpaired) electrons. The van der Waals surface area contributed by atoms with Gasteiger partial charge in [-0.15, -0.1) is 11.3 Å². The van der Waals surface area contributed by atoms with Crippen molar-refractivity contribution in [3.8, 4) is 0 Å². The van der Waals surface area contributed by atoms with Crippen molar-refractivity contribution >= 4 is 22.4 Å². The van der Waals surface area contributed by atoms with Crippen LogP contribution in [0.2, 0.25) is 0 Å². The molecule has 1 aliphatic rings. The standard InChI is InChI=1S/C13H15N3O2S/c17-12(4-3-9-2-1-7-18-9)16-13-15-10-5-6-14-8-11(10)19-13/h1-2,7,14H,3-6,8H2,(H,15,16,17). The smallest absolute Gasteiger partial charge is 0.226 e. The molecule has 0 spiro atoms. The van der Waals surface area contributed by atoms with Crippen molar-refractivity contribution in [1.82, 2.24) is 10.3 Å². The van der Waals surface area contributed by atoms with Gasteiger partial charge < -0.3 is 15.1 Å². The van der Waals surface area contributed by atoms with Gasteiger partial charge in [-0.1, -0.05) is 0 Å². The van der Waals surface area contributed by atoms with Gasteiger partial charge in [-0.3, -0.25) is 4.79 Å². The zero-order valence-electron chi connectivity index (χ0n) is 10.4. The summed E-state index contributed by atoms with van der Waals surface area (Å²) in [5, 5.41) is 6.86. The van der Waals surface area contributed by atoms with Crippen molar-refractivity contribution in [2.75, 3.05) is 11.9 Å². The molecule has 2 aromatic rings. The summed E-state index contributed by atoms with van der Waals surface area (Å²) in [4.78, 5) is 17.5. The first-order valence-electron chi connectivity index (χ1n) is 6.33. The Bertz CT molecular complexity index is 539. The second-order valence-electron chi connectivity index (χ2n) is 4.44. The van der Waals surface area contributed by atoms with Gasteiger partial charge in [-0.05, 0) is 12.1 Å². The largest absolute Gasteiger partial charge is 0.469 e. The molecule has 0 fully saturated rings. The van der Waals surface area contributed by atoms with Gasteiger partial charge >= 0.3 is 0 Å². The third-order valence-corrected chi connectivity index (χ3v) is 4.04. The second-order valence-corrected chi connectivity index (χ2v) is 5.53. The third-order valence-electron chi connectivity index (χ3n) is 3.03. The number of amides is 1. The van der Waals surface area contributed by atoms with E-state index in [2.05, 4.69) is 15.6 Å². The topological polar surface area (TPSA) is 67.2 Å². The Kier molecular flexibility index (Phi) is 3.61. The molecule has 0 saturated heterocycles. The number of carbonyl (C=O) groups excluding carboxylic acids is 1. The molecule has 0 saturated carbocycles. The van der Waals surface area contributed by atoms with Crippen LogP contribution < -0.4 is 10.6 Å². The molecule has 2 N–H and O–H groups in total. The molecule has 0 unspecified atom stereocenters. The predicted molar refractivity (Wildman–Crippen MR) is 73.2 cm³/mol. The SMILES string of the molecule is O=C(CCc1ccco1)Nc1nc2c(s1)CNCC2. The average molecular weight is 277 g/mol. The molecule has 100 valence electrons. The highest BCUT2D eigenvalue weighted by atomic mass is 32.1. The molecule has 0 aliphatic carbocycles. The molecule has 2 aromatic heterocycles. The van der Waals surface area contributed by atoms with E-state index in [1.807, 2.05) is 12.1 Å². The van der Waals surface area contributed by atoms with Crippen LogP contribution in [0.15, 0.2) is 22.8 Å². The van der Waals surface area contributed by atoms with Crippen LogP contribution in [0.25, 0.3) is 0 Å². The molecule has 0 atom stereocenters. The van der Waals surface area contributed by atoms with Crippen molar-refractivity contribution in [3.05, 3.63) is 34.7 Å². The van der Waals surface area contributed by atoms with E-state index in [1.165, 1.54) is 4.88 Å². The molecular formula is C13H15N3O2S. The van der Waals surface area contributed by atoms with Crippen LogP contribution in [0.5, 0.6) is 0 Å². The molecule has 3 heterocycles. The highest BCUT2D eigenvalue weighted by Gasteiger charge is 2.15. The molecule has 1 amide bonds. The fourth-order valence-electron chi connectivity index (χ4n) is 2.05. The maximum absolute atomic E-state index is 11.8. The van der Waals surface area contributed by atoms with Crippen LogP contribution in [0.3, 0.4) is 0 Å². The maximum Gasteiger partial charge on any atom is 0.226 e. The predicted octanol–water partition coefficient (Wildman–Crippen LogP) is 1.95. The molecular weight excluding hydrogens is 262 g/mol. The van der Waals surface area contributed by atoms with Gasteiger partial charge in [0.25, 0.3) is 0 Å². The summed E-state index contributed by atoms with van der Waals surface area (Å²) in [6.07, 6.45) is 3.59. The maximum atomic E-state index is 11.8. The highest BCUT2D eigenvalue weighted by molar-refractivity contribution is 7.15. The average Bonchev–Trinajstić information content (AvgIpc) is 3.04. The number of nitrogens with zero attached hydrogens (tertiary/aromatic N) is 1. The summed E-state index contributed by atoms with van der Waals surface area (Å²) in [5.74, 6) is 0.813. The van der Waals surface area contributed by atoms with E-state index < -0.39 is 0 Å². The van der Waals surface area contributed by atoms with E-state index in [4.69, 9.17) is 4.42 Å². The van der Waals surface area contributed by atoms with Crippen LogP contribution in [-0.4, -0.2) is 17.4 Å². The number of anilines is 1. The minimum Gasteiger partial charge on any atom is -0.469 e. The number of carbonyl (C=O) groups is 1. The zero-order chi connectivity index (χ0) is 13.1. The van der Waals surface area contributed by atoms with Crippen LogP contribution >= 0.6 is 11.3 Å². The van der Waals surface area contributed by atoms with E-state index in [0.29, 0.717) is 18.0 Å². The Balaban J connectivity index is 1.55. The van der Waals surface area contributed by atoms with Gasteiger partial charge in [0.2, 0.25) is 5.91 Å². The first-order chi connectivity index (χ1) is 9.31. The summed E-state index contributed by atoms with van der Waals surface area (Å²) >= 11 is 1.56. The van der Waals surface area contributed by atoms with Crippen LogP contribution in [0, 0.1) is 0 Å². The first-order valence-corrected chi connectivity index (χ1v) is 7.14. The molecule has 0 aromatic carbocycles. The molecule has 19 heavy (non-hydrogen) atoms. The van der Waals surface area contributed by atoms with Crippen molar-refractivity contribution in [2.24, 2.45) is 0 Å².